The van der Waals surface area contributed by atoms with Crippen LogP contribution in [0.4, 0.5) is 0 Å². The van der Waals surface area contributed by atoms with E-state index in [0.717, 1.165) is 13.0 Å². The zero-order chi connectivity index (χ0) is 12.1. The molecule has 1 aliphatic heterocycles. The summed E-state index contributed by atoms with van der Waals surface area (Å²) in [6, 6.07) is 0.443. The number of carbonyl (C=O) groups is 2. The number of hydrogen-bond donors (Lipinski definition) is 2. The molecule has 92 valence electrons. The van der Waals surface area contributed by atoms with Gasteiger partial charge in [-0.05, 0) is 6.42 Å². The number of nitrogens with one attached hydrogen (secondary N) is 2. The van der Waals surface area contributed by atoms with E-state index in [-0.39, 0.29) is 17.9 Å². The summed E-state index contributed by atoms with van der Waals surface area (Å²) in [5, 5.41) is 5.94. The Morgan fingerprint density at radius 2 is 2.12 bits per heavy atom. The standard InChI is InChI=1S/C11H21N3O2/c1-8(2)12-6-11(16)14-5-4-10(7-14)13-9(3)15/h8,10,12H,4-7H2,1-3H3,(H,13,15). The number of hydrogen-bond acceptors (Lipinski definition) is 3. The lowest BCUT2D eigenvalue weighted by molar-refractivity contribution is -0.129. The highest BCUT2D eigenvalue weighted by Gasteiger charge is 2.26. The topological polar surface area (TPSA) is 61.4 Å². The van der Waals surface area contributed by atoms with Crippen LogP contribution in [0.15, 0.2) is 0 Å². The third kappa shape index (κ3) is 4.18. The molecule has 2 amide bonds. The number of rotatable bonds is 4. The van der Waals surface area contributed by atoms with Gasteiger partial charge in [0.1, 0.15) is 0 Å². The second-order valence-electron chi connectivity index (χ2n) is 4.56. The van der Waals surface area contributed by atoms with Gasteiger partial charge in [-0.3, -0.25) is 9.59 Å². The number of amides is 2. The summed E-state index contributed by atoms with van der Waals surface area (Å²) in [7, 11) is 0. The molecule has 1 saturated heterocycles. The molecule has 2 N–H and O–H groups in total. The van der Waals surface area contributed by atoms with Crippen molar-refractivity contribution in [2.45, 2.75) is 39.3 Å². The van der Waals surface area contributed by atoms with Crippen molar-refractivity contribution >= 4 is 11.8 Å². The number of nitrogens with zero attached hydrogens (tertiary/aromatic N) is 1. The van der Waals surface area contributed by atoms with Crippen molar-refractivity contribution in [2.24, 2.45) is 0 Å². The molecule has 0 saturated carbocycles. The van der Waals surface area contributed by atoms with E-state index in [2.05, 4.69) is 10.6 Å². The molecule has 0 aromatic heterocycles. The van der Waals surface area contributed by atoms with Crippen molar-refractivity contribution in [3.05, 3.63) is 0 Å². The second-order valence-corrected chi connectivity index (χ2v) is 4.56. The zero-order valence-corrected chi connectivity index (χ0v) is 10.2. The predicted molar refractivity (Wildman–Crippen MR) is 61.9 cm³/mol. The van der Waals surface area contributed by atoms with E-state index < -0.39 is 0 Å². The van der Waals surface area contributed by atoms with Crippen LogP contribution in [0.1, 0.15) is 27.2 Å². The van der Waals surface area contributed by atoms with Crippen LogP contribution in [-0.4, -0.2) is 48.4 Å². The Morgan fingerprint density at radius 3 is 2.69 bits per heavy atom. The van der Waals surface area contributed by atoms with E-state index in [0.29, 0.717) is 19.1 Å². The van der Waals surface area contributed by atoms with Crippen LogP contribution < -0.4 is 10.6 Å². The predicted octanol–water partition coefficient (Wildman–Crippen LogP) is -0.279. The van der Waals surface area contributed by atoms with Gasteiger partial charge in [-0.25, -0.2) is 0 Å². The molecule has 0 aromatic rings. The Hall–Kier alpha value is -1.10. The molecule has 1 atom stereocenters. The molecular formula is C11H21N3O2. The third-order valence-corrected chi connectivity index (χ3v) is 2.61. The first-order valence-corrected chi connectivity index (χ1v) is 5.77. The Kier molecular flexibility index (Phi) is 4.73. The van der Waals surface area contributed by atoms with E-state index in [1.807, 2.05) is 13.8 Å². The average molecular weight is 227 g/mol. The van der Waals surface area contributed by atoms with Gasteiger partial charge < -0.3 is 15.5 Å². The fraction of sp³-hybridized carbons (Fsp3) is 0.818. The Morgan fingerprint density at radius 1 is 1.44 bits per heavy atom. The van der Waals surface area contributed by atoms with E-state index in [1.54, 1.807) is 4.90 Å². The minimum absolute atomic E-state index is 0.0281. The van der Waals surface area contributed by atoms with E-state index in [9.17, 15) is 9.59 Å². The van der Waals surface area contributed by atoms with Crippen LogP contribution >= 0.6 is 0 Å². The van der Waals surface area contributed by atoms with Gasteiger partial charge in [0.25, 0.3) is 0 Å². The summed E-state index contributed by atoms with van der Waals surface area (Å²) >= 11 is 0. The summed E-state index contributed by atoms with van der Waals surface area (Å²) in [4.78, 5) is 24.4. The molecule has 0 aromatic carbocycles. The van der Waals surface area contributed by atoms with Gasteiger partial charge in [0.15, 0.2) is 0 Å². The van der Waals surface area contributed by atoms with Crippen molar-refractivity contribution in [1.82, 2.24) is 15.5 Å². The molecule has 1 fully saturated rings. The van der Waals surface area contributed by atoms with Crippen LogP contribution in [0.2, 0.25) is 0 Å². The van der Waals surface area contributed by atoms with Crippen molar-refractivity contribution < 1.29 is 9.59 Å². The summed E-state index contributed by atoms with van der Waals surface area (Å²) in [6.07, 6.45) is 0.854. The lowest BCUT2D eigenvalue weighted by atomic mass is 10.2. The first kappa shape index (κ1) is 13.0. The summed E-state index contributed by atoms with van der Waals surface area (Å²) in [5.41, 5.74) is 0. The van der Waals surface area contributed by atoms with Gasteiger partial charge in [-0.2, -0.15) is 0 Å². The molecule has 5 nitrogen and oxygen atoms in total. The first-order valence-electron chi connectivity index (χ1n) is 5.77. The van der Waals surface area contributed by atoms with Gasteiger partial charge >= 0.3 is 0 Å². The summed E-state index contributed by atoms with van der Waals surface area (Å²) < 4.78 is 0. The molecule has 0 bridgehead atoms. The second kappa shape index (κ2) is 5.84. The van der Waals surface area contributed by atoms with E-state index in [1.165, 1.54) is 6.92 Å². The van der Waals surface area contributed by atoms with Crippen molar-refractivity contribution in [3.8, 4) is 0 Å². The summed E-state index contributed by atoms with van der Waals surface area (Å²) in [5.74, 6) is 0.0844. The van der Waals surface area contributed by atoms with Crippen LogP contribution in [0.5, 0.6) is 0 Å². The summed E-state index contributed by atoms with van der Waals surface area (Å²) in [6.45, 7) is 7.28. The smallest absolute Gasteiger partial charge is 0.236 e. The molecule has 1 rings (SSSR count). The number of carbonyl (C=O) groups excluding carboxylic acids is 2. The van der Waals surface area contributed by atoms with Crippen molar-refractivity contribution in [1.29, 1.82) is 0 Å². The maximum Gasteiger partial charge on any atom is 0.236 e. The SMILES string of the molecule is CC(=O)NC1CCN(C(=O)CNC(C)C)C1. The molecule has 16 heavy (non-hydrogen) atoms. The van der Waals surface area contributed by atoms with Crippen LogP contribution in [0.3, 0.4) is 0 Å². The zero-order valence-electron chi connectivity index (χ0n) is 10.2. The Labute approximate surface area is 96.6 Å². The molecule has 1 aliphatic rings. The molecule has 0 spiro atoms. The van der Waals surface area contributed by atoms with Crippen molar-refractivity contribution in [3.63, 3.8) is 0 Å². The lowest BCUT2D eigenvalue weighted by Gasteiger charge is -2.18. The monoisotopic (exact) mass is 227 g/mol. The lowest BCUT2D eigenvalue weighted by Crippen LogP contribution is -2.41. The number of likely N-dealkylation sites (tertiary alicyclic amines) is 1. The average Bonchev–Trinajstić information content (AvgIpc) is 2.61. The maximum atomic E-state index is 11.7. The largest absolute Gasteiger partial charge is 0.352 e. The first-order chi connectivity index (χ1) is 7.49. The van der Waals surface area contributed by atoms with Crippen LogP contribution in [-0.2, 0) is 9.59 Å². The molecule has 0 aliphatic carbocycles. The van der Waals surface area contributed by atoms with Gasteiger partial charge in [0.2, 0.25) is 11.8 Å². The van der Waals surface area contributed by atoms with Gasteiger partial charge in [0, 0.05) is 32.1 Å². The highest BCUT2D eigenvalue weighted by atomic mass is 16.2. The minimum atomic E-state index is -0.0281. The highest BCUT2D eigenvalue weighted by molar-refractivity contribution is 5.79. The quantitative estimate of drug-likeness (QED) is 0.694. The van der Waals surface area contributed by atoms with E-state index in [4.69, 9.17) is 0 Å². The normalized spacial score (nSPS) is 20.2. The van der Waals surface area contributed by atoms with Crippen LogP contribution in [0, 0.1) is 0 Å². The minimum Gasteiger partial charge on any atom is -0.352 e. The van der Waals surface area contributed by atoms with Crippen molar-refractivity contribution in [2.75, 3.05) is 19.6 Å². The highest BCUT2D eigenvalue weighted by Crippen LogP contribution is 2.08. The van der Waals surface area contributed by atoms with Gasteiger partial charge in [-0.15, -0.1) is 0 Å². The molecule has 0 radical (unpaired) electrons. The molecule has 1 unspecified atom stereocenters. The molecule has 1 heterocycles. The molecular weight excluding hydrogens is 206 g/mol. The fourth-order valence-corrected chi connectivity index (χ4v) is 1.80. The van der Waals surface area contributed by atoms with Gasteiger partial charge in [0.05, 0.1) is 6.54 Å². The Bertz CT molecular complexity index is 266. The molecule has 5 heteroatoms. The van der Waals surface area contributed by atoms with Gasteiger partial charge in [-0.1, -0.05) is 13.8 Å². The van der Waals surface area contributed by atoms with Crippen LogP contribution in [0.25, 0.3) is 0 Å². The van der Waals surface area contributed by atoms with E-state index >= 15 is 0 Å². The third-order valence-electron chi connectivity index (χ3n) is 2.61. The Balaban J connectivity index is 2.29. The fourth-order valence-electron chi connectivity index (χ4n) is 1.80. The maximum absolute atomic E-state index is 11.7.